The maximum Gasteiger partial charge on any atom is 0.240 e. The van der Waals surface area contributed by atoms with E-state index in [1.165, 1.54) is 12.1 Å². The number of sulfonamides is 1. The topological polar surface area (TPSA) is 96.0 Å². The average Bonchev–Trinajstić information content (AvgIpc) is 2.35. The van der Waals surface area contributed by atoms with Gasteiger partial charge in [-0.05, 0) is 37.0 Å². The molecule has 0 bridgehead atoms. The molecule has 2 rings (SSSR count). The summed E-state index contributed by atoms with van der Waals surface area (Å²) in [6.45, 7) is 0.273. The Morgan fingerprint density at radius 3 is 2.42 bits per heavy atom. The Balaban J connectivity index is 2.04. The fourth-order valence-corrected chi connectivity index (χ4v) is 3.15. The molecule has 102 valence electrons. The third kappa shape index (κ3) is 3.32. The fourth-order valence-electron chi connectivity index (χ4n) is 2.01. The standard InChI is InChI=1S/C13H17N3O2S/c14-9-6-11-2-4-12(5-3-11)19(17,18)16-10-13(15)7-1-8-13/h2-5,16H,1,6-8,10,15H2. The van der Waals surface area contributed by atoms with Crippen LogP contribution in [0, 0.1) is 11.3 Å². The second-order valence-corrected chi connectivity index (χ2v) is 6.79. The predicted octanol–water partition coefficient (Wildman–Crippen LogP) is 0.912. The maximum absolute atomic E-state index is 12.1. The summed E-state index contributed by atoms with van der Waals surface area (Å²) < 4.78 is 26.7. The molecule has 0 saturated heterocycles. The summed E-state index contributed by atoms with van der Waals surface area (Å²) in [7, 11) is -3.51. The molecule has 0 spiro atoms. The number of nitrogens with one attached hydrogen (secondary N) is 1. The maximum atomic E-state index is 12.1. The Labute approximate surface area is 113 Å². The highest BCUT2D eigenvalue weighted by molar-refractivity contribution is 7.89. The molecule has 1 fully saturated rings. The van der Waals surface area contributed by atoms with Gasteiger partial charge in [0.15, 0.2) is 0 Å². The Bertz CT molecular complexity index is 583. The summed E-state index contributed by atoms with van der Waals surface area (Å²) in [6.07, 6.45) is 3.05. The summed E-state index contributed by atoms with van der Waals surface area (Å²) >= 11 is 0. The molecule has 0 amide bonds. The Kier molecular flexibility index (Phi) is 3.90. The zero-order valence-electron chi connectivity index (χ0n) is 10.6. The van der Waals surface area contributed by atoms with Crippen molar-refractivity contribution in [2.24, 2.45) is 5.73 Å². The Hall–Kier alpha value is -1.42. The minimum absolute atomic E-state index is 0.206. The highest BCUT2D eigenvalue weighted by atomic mass is 32.2. The molecule has 0 atom stereocenters. The van der Waals surface area contributed by atoms with Gasteiger partial charge in [0.25, 0.3) is 0 Å². The molecule has 1 saturated carbocycles. The van der Waals surface area contributed by atoms with Crippen molar-refractivity contribution in [2.75, 3.05) is 6.54 Å². The number of nitrogens with zero attached hydrogens (tertiary/aromatic N) is 1. The fraction of sp³-hybridized carbons (Fsp3) is 0.462. The third-order valence-electron chi connectivity index (χ3n) is 3.48. The quantitative estimate of drug-likeness (QED) is 0.837. The number of rotatable bonds is 5. The molecule has 5 nitrogen and oxygen atoms in total. The largest absolute Gasteiger partial charge is 0.324 e. The van der Waals surface area contributed by atoms with E-state index in [-0.39, 0.29) is 23.4 Å². The van der Waals surface area contributed by atoms with Gasteiger partial charge in [-0.1, -0.05) is 12.1 Å². The van der Waals surface area contributed by atoms with Crippen molar-refractivity contribution >= 4 is 10.0 Å². The number of nitriles is 1. The van der Waals surface area contributed by atoms with Gasteiger partial charge in [-0.25, -0.2) is 13.1 Å². The van der Waals surface area contributed by atoms with Crippen LogP contribution >= 0.6 is 0 Å². The highest BCUT2D eigenvalue weighted by Crippen LogP contribution is 2.28. The third-order valence-corrected chi connectivity index (χ3v) is 4.90. The molecule has 0 heterocycles. The lowest BCUT2D eigenvalue weighted by atomic mass is 9.78. The van der Waals surface area contributed by atoms with Crippen LogP contribution in [0.3, 0.4) is 0 Å². The SMILES string of the molecule is N#CCc1ccc(S(=O)(=O)NCC2(N)CCC2)cc1. The van der Waals surface area contributed by atoms with Crippen LogP contribution in [0.1, 0.15) is 24.8 Å². The molecule has 1 aromatic rings. The lowest BCUT2D eigenvalue weighted by Gasteiger charge is -2.38. The van der Waals surface area contributed by atoms with E-state index in [2.05, 4.69) is 4.72 Å². The summed E-state index contributed by atoms with van der Waals surface area (Å²) in [6, 6.07) is 8.35. The molecule has 1 aliphatic carbocycles. The first-order valence-electron chi connectivity index (χ1n) is 6.20. The summed E-state index contributed by atoms with van der Waals surface area (Å²) in [4.78, 5) is 0.206. The van der Waals surface area contributed by atoms with Crippen LogP contribution < -0.4 is 10.5 Å². The van der Waals surface area contributed by atoms with Gasteiger partial charge < -0.3 is 5.73 Å². The molecule has 0 aliphatic heterocycles. The lowest BCUT2D eigenvalue weighted by Crippen LogP contribution is -2.54. The van der Waals surface area contributed by atoms with Crippen molar-refractivity contribution in [3.63, 3.8) is 0 Å². The van der Waals surface area contributed by atoms with E-state index >= 15 is 0 Å². The van der Waals surface area contributed by atoms with Crippen LogP contribution in [0.25, 0.3) is 0 Å². The second kappa shape index (κ2) is 5.29. The number of hydrogen-bond donors (Lipinski definition) is 2. The number of nitrogens with two attached hydrogens (primary N) is 1. The molecule has 1 aliphatic rings. The van der Waals surface area contributed by atoms with Crippen molar-refractivity contribution in [1.29, 1.82) is 5.26 Å². The van der Waals surface area contributed by atoms with Gasteiger partial charge in [-0.15, -0.1) is 0 Å². The molecule has 19 heavy (non-hydrogen) atoms. The molecule has 1 aromatic carbocycles. The molecular formula is C13H17N3O2S. The van der Waals surface area contributed by atoms with Gasteiger partial charge in [0.1, 0.15) is 0 Å². The predicted molar refractivity (Wildman–Crippen MR) is 71.7 cm³/mol. The van der Waals surface area contributed by atoms with Gasteiger partial charge in [-0.2, -0.15) is 5.26 Å². The van der Waals surface area contributed by atoms with Crippen molar-refractivity contribution in [1.82, 2.24) is 4.72 Å². The monoisotopic (exact) mass is 279 g/mol. The van der Waals surface area contributed by atoms with Gasteiger partial charge in [0.2, 0.25) is 10.0 Å². The van der Waals surface area contributed by atoms with Gasteiger partial charge in [0, 0.05) is 12.1 Å². The van der Waals surface area contributed by atoms with E-state index in [0.717, 1.165) is 24.8 Å². The highest BCUT2D eigenvalue weighted by Gasteiger charge is 2.33. The lowest BCUT2D eigenvalue weighted by molar-refractivity contribution is 0.251. The molecule has 0 radical (unpaired) electrons. The van der Waals surface area contributed by atoms with Crippen molar-refractivity contribution in [3.05, 3.63) is 29.8 Å². The van der Waals surface area contributed by atoms with Crippen LogP contribution in [-0.4, -0.2) is 20.5 Å². The van der Waals surface area contributed by atoms with Gasteiger partial charge in [0.05, 0.1) is 17.4 Å². The summed E-state index contributed by atoms with van der Waals surface area (Å²) in [5, 5.41) is 8.56. The van der Waals surface area contributed by atoms with E-state index in [1.54, 1.807) is 12.1 Å². The van der Waals surface area contributed by atoms with Crippen LogP contribution in [0.4, 0.5) is 0 Å². The molecule has 3 N–H and O–H groups in total. The van der Waals surface area contributed by atoms with E-state index in [1.807, 2.05) is 6.07 Å². The first-order valence-corrected chi connectivity index (χ1v) is 7.68. The average molecular weight is 279 g/mol. The van der Waals surface area contributed by atoms with Crippen molar-refractivity contribution in [2.45, 2.75) is 36.1 Å². The molecule has 0 unspecified atom stereocenters. The number of hydrogen-bond acceptors (Lipinski definition) is 4. The van der Waals surface area contributed by atoms with Gasteiger partial charge >= 0.3 is 0 Å². The zero-order chi connectivity index (χ0) is 13.9. The van der Waals surface area contributed by atoms with E-state index in [0.29, 0.717) is 0 Å². The summed E-state index contributed by atoms with van der Waals surface area (Å²) in [5.74, 6) is 0. The Morgan fingerprint density at radius 2 is 1.95 bits per heavy atom. The Morgan fingerprint density at radius 1 is 1.32 bits per heavy atom. The van der Waals surface area contributed by atoms with Crippen LogP contribution in [0.5, 0.6) is 0 Å². The van der Waals surface area contributed by atoms with Crippen LogP contribution in [0.2, 0.25) is 0 Å². The minimum atomic E-state index is -3.51. The molecule has 0 aromatic heterocycles. The minimum Gasteiger partial charge on any atom is -0.324 e. The van der Waals surface area contributed by atoms with Crippen LogP contribution in [-0.2, 0) is 16.4 Å². The first-order chi connectivity index (χ1) is 8.95. The molecule has 6 heteroatoms. The second-order valence-electron chi connectivity index (χ2n) is 5.02. The smallest absolute Gasteiger partial charge is 0.240 e. The van der Waals surface area contributed by atoms with E-state index in [4.69, 9.17) is 11.0 Å². The van der Waals surface area contributed by atoms with E-state index < -0.39 is 10.0 Å². The zero-order valence-corrected chi connectivity index (χ0v) is 11.4. The van der Waals surface area contributed by atoms with Crippen LogP contribution in [0.15, 0.2) is 29.2 Å². The van der Waals surface area contributed by atoms with Gasteiger partial charge in [-0.3, -0.25) is 0 Å². The van der Waals surface area contributed by atoms with Crippen molar-refractivity contribution in [3.8, 4) is 6.07 Å². The van der Waals surface area contributed by atoms with Crippen molar-refractivity contribution < 1.29 is 8.42 Å². The van der Waals surface area contributed by atoms with E-state index in [9.17, 15) is 8.42 Å². The summed E-state index contributed by atoms with van der Waals surface area (Å²) in [5.41, 5.74) is 6.41. The normalized spacial score (nSPS) is 17.5. The first kappa shape index (κ1) is 14.0. The number of benzene rings is 1. The molecular weight excluding hydrogens is 262 g/mol.